The first-order valence-electron chi connectivity index (χ1n) is 12.2. The predicted octanol–water partition coefficient (Wildman–Crippen LogP) is 4.49. The maximum absolute atomic E-state index is 13.2. The number of alkyl carbamates (subject to hydrolysis) is 1. The second-order valence-corrected chi connectivity index (χ2v) is 10.2. The number of carbonyl (C=O) groups is 3. The summed E-state index contributed by atoms with van der Waals surface area (Å²) in [5, 5.41) is 6.04. The second-order valence-electron chi connectivity index (χ2n) is 10.2. The zero-order valence-electron chi connectivity index (χ0n) is 20.1. The Kier molecular flexibility index (Phi) is 8.75. The Bertz CT molecular complexity index is 805. The minimum absolute atomic E-state index is 0.0940. The summed E-state index contributed by atoms with van der Waals surface area (Å²) in [4.78, 5) is 38.4. The summed E-state index contributed by atoms with van der Waals surface area (Å²) < 4.78 is 11.0. The van der Waals surface area contributed by atoms with Gasteiger partial charge in [-0.3, -0.25) is 9.59 Å². The first kappa shape index (κ1) is 25.1. The highest BCUT2D eigenvalue weighted by molar-refractivity contribution is 5.82. The minimum atomic E-state index is -0.591. The van der Waals surface area contributed by atoms with Crippen LogP contribution in [0.5, 0.6) is 0 Å². The average molecular weight is 459 g/mol. The van der Waals surface area contributed by atoms with Gasteiger partial charge in [0.2, 0.25) is 5.91 Å². The number of amides is 2. The lowest BCUT2D eigenvalue weighted by Crippen LogP contribution is -2.53. The van der Waals surface area contributed by atoms with Crippen LogP contribution >= 0.6 is 0 Å². The SMILES string of the molecule is CC(C)(C)OC(=O)N[C@@H]1CCCC[C@H]1C(=O)N[C@@H]1CCCC[C@H]1C(=O)OCc1ccccc1. The fraction of sp³-hybridized carbons (Fsp3) is 0.654. The Morgan fingerprint density at radius 1 is 0.848 bits per heavy atom. The van der Waals surface area contributed by atoms with E-state index in [-0.39, 0.29) is 42.4 Å². The van der Waals surface area contributed by atoms with Crippen molar-refractivity contribution in [1.29, 1.82) is 0 Å². The highest BCUT2D eigenvalue weighted by Crippen LogP contribution is 2.29. The summed E-state index contributed by atoms with van der Waals surface area (Å²) in [6, 6.07) is 9.10. The van der Waals surface area contributed by atoms with Gasteiger partial charge in [0.1, 0.15) is 12.2 Å². The first-order valence-corrected chi connectivity index (χ1v) is 12.2. The summed E-state index contributed by atoms with van der Waals surface area (Å²) >= 11 is 0. The van der Waals surface area contributed by atoms with Crippen LogP contribution in [0.15, 0.2) is 30.3 Å². The van der Waals surface area contributed by atoms with Crippen LogP contribution in [-0.2, 0) is 25.7 Å². The smallest absolute Gasteiger partial charge is 0.407 e. The average Bonchev–Trinajstić information content (AvgIpc) is 2.77. The van der Waals surface area contributed by atoms with Crippen molar-refractivity contribution in [1.82, 2.24) is 10.6 Å². The summed E-state index contributed by atoms with van der Waals surface area (Å²) in [5.41, 5.74) is 0.354. The minimum Gasteiger partial charge on any atom is -0.461 e. The Labute approximate surface area is 197 Å². The third-order valence-electron chi connectivity index (χ3n) is 6.43. The number of esters is 1. The lowest BCUT2D eigenvalue weighted by Gasteiger charge is -2.35. The van der Waals surface area contributed by atoms with Crippen LogP contribution in [0, 0.1) is 11.8 Å². The van der Waals surface area contributed by atoms with Crippen molar-refractivity contribution in [2.24, 2.45) is 11.8 Å². The van der Waals surface area contributed by atoms with Crippen molar-refractivity contribution in [2.75, 3.05) is 0 Å². The molecule has 0 aliphatic heterocycles. The van der Waals surface area contributed by atoms with E-state index in [4.69, 9.17) is 9.47 Å². The molecule has 0 aromatic heterocycles. The molecule has 0 unspecified atom stereocenters. The van der Waals surface area contributed by atoms with Gasteiger partial charge in [-0.15, -0.1) is 0 Å². The van der Waals surface area contributed by atoms with E-state index in [1.165, 1.54) is 0 Å². The molecule has 2 N–H and O–H groups in total. The van der Waals surface area contributed by atoms with Crippen molar-refractivity contribution in [3.05, 3.63) is 35.9 Å². The molecule has 1 aromatic rings. The monoisotopic (exact) mass is 458 g/mol. The van der Waals surface area contributed by atoms with Crippen LogP contribution in [0.3, 0.4) is 0 Å². The summed E-state index contributed by atoms with van der Waals surface area (Å²) in [6.45, 7) is 5.69. The molecule has 7 nitrogen and oxygen atoms in total. The quantitative estimate of drug-likeness (QED) is 0.613. The van der Waals surface area contributed by atoms with E-state index < -0.39 is 11.7 Å². The van der Waals surface area contributed by atoms with Crippen molar-refractivity contribution in [3.63, 3.8) is 0 Å². The van der Waals surface area contributed by atoms with Crippen LogP contribution < -0.4 is 10.6 Å². The molecule has 1 aromatic carbocycles. The molecule has 2 fully saturated rings. The molecular formula is C26H38N2O5. The number of hydrogen-bond acceptors (Lipinski definition) is 5. The molecule has 2 saturated carbocycles. The van der Waals surface area contributed by atoms with Crippen LogP contribution in [0.2, 0.25) is 0 Å². The van der Waals surface area contributed by atoms with E-state index in [2.05, 4.69) is 10.6 Å². The van der Waals surface area contributed by atoms with Crippen LogP contribution in [-0.4, -0.2) is 35.7 Å². The number of ether oxygens (including phenoxy) is 2. The maximum Gasteiger partial charge on any atom is 0.407 e. The van der Waals surface area contributed by atoms with Gasteiger partial charge in [0.05, 0.1) is 11.8 Å². The molecule has 0 heterocycles. The number of benzene rings is 1. The van der Waals surface area contributed by atoms with Gasteiger partial charge in [-0.1, -0.05) is 56.0 Å². The normalized spacial score (nSPS) is 25.5. The van der Waals surface area contributed by atoms with Gasteiger partial charge < -0.3 is 20.1 Å². The molecular weight excluding hydrogens is 420 g/mol. The molecule has 3 rings (SSSR count). The summed E-state index contributed by atoms with van der Waals surface area (Å²) in [5.74, 6) is -1.01. The van der Waals surface area contributed by atoms with Gasteiger partial charge in [0.25, 0.3) is 0 Å². The summed E-state index contributed by atoms with van der Waals surface area (Å²) in [6.07, 6.45) is 6.25. The highest BCUT2D eigenvalue weighted by Gasteiger charge is 2.38. The number of rotatable bonds is 6. The van der Waals surface area contributed by atoms with Crippen LogP contribution in [0.1, 0.15) is 77.7 Å². The van der Waals surface area contributed by atoms with Gasteiger partial charge >= 0.3 is 12.1 Å². The zero-order chi connectivity index (χ0) is 23.8. The fourth-order valence-corrected chi connectivity index (χ4v) is 4.79. The highest BCUT2D eigenvalue weighted by atomic mass is 16.6. The van der Waals surface area contributed by atoms with Crippen molar-refractivity contribution in [3.8, 4) is 0 Å². The van der Waals surface area contributed by atoms with E-state index in [1.807, 2.05) is 51.1 Å². The number of nitrogens with one attached hydrogen (secondary N) is 2. The molecule has 0 spiro atoms. The Morgan fingerprint density at radius 3 is 2.06 bits per heavy atom. The Hall–Kier alpha value is -2.57. The van der Waals surface area contributed by atoms with Gasteiger partial charge in [0, 0.05) is 12.1 Å². The third-order valence-corrected chi connectivity index (χ3v) is 6.43. The fourth-order valence-electron chi connectivity index (χ4n) is 4.79. The lowest BCUT2D eigenvalue weighted by molar-refractivity contribution is -0.152. The molecule has 7 heteroatoms. The van der Waals surface area contributed by atoms with Gasteiger partial charge in [-0.05, 0) is 52.0 Å². The van der Waals surface area contributed by atoms with Crippen molar-refractivity contribution in [2.45, 2.75) is 96.4 Å². The van der Waals surface area contributed by atoms with Crippen molar-refractivity contribution >= 4 is 18.0 Å². The molecule has 0 saturated heterocycles. The van der Waals surface area contributed by atoms with Gasteiger partial charge in [0.15, 0.2) is 0 Å². The van der Waals surface area contributed by atoms with E-state index in [1.54, 1.807) is 0 Å². The van der Waals surface area contributed by atoms with E-state index >= 15 is 0 Å². The maximum atomic E-state index is 13.2. The summed E-state index contributed by atoms with van der Waals surface area (Å²) in [7, 11) is 0. The van der Waals surface area contributed by atoms with Crippen LogP contribution in [0.4, 0.5) is 4.79 Å². The molecule has 2 aliphatic rings. The van der Waals surface area contributed by atoms with E-state index in [0.717, 1.165) is 44.1 Å². The second kappa shape index (κ2) is 11.5. The third kappa shape index (κ3) is 7.76. The first-order chi connectivity index (χ1) is 15.7. The largest absolute Gasteiger partial charge is 0.461 e. The van der Waals surface area contributed by atoms with E-state index in [9.17, 15) is 14.4 Å². The number of hydrogen-bond donors (Lipinski definition) is 2. The van der Waals surface area contributed by atoms with Gasteiger partial charge in [-0.2, -0.15) is 0 Å². The number of carbonyl (C=O) groups excluding carboxylic acids is 3. The lowest BCUT2D eigenvalue weighted by atomic mass is 9.81. The molecule has 0 bridgehead atoms. The molecule has 0 radical (unpaired) electrons. The standard InChI is InChI=1S/C26H38N2O5/c1-26(2,3)33-25(31)28-21-15-9-7-13-19(21)23(29)27-22-16-10-8-14-20(22)24(30)32-17-18-11-5-4-6-12-18/h4-6,11-12,19-22H,7-10,13-17H2,1-3H3,(H,27,29)(H,28,31)/t19-,20-,21-,22-/m1/s1. The van der Waals surface area contributed by atoms with Crippen LogP contribution in [0.25, 0.3) is 0 Å². The zero-order valence-corrected chi connectivity index (χ0v) is 20.1. The predicted molar refractivity (Wildman–Crippen MR) is 125 cm³/mol. The molecule has 33 heavy (non-hydrogen) atoms. The van der Waals surface area contributed by atoms with Gasteiger partial charge in [-0.25, -0.2) is 4.79 Å². The Morgan fingerprint density at radius 2 is 1.42 bits per heavy atom. The van der Waals surface area contributed by atoms with Crippen molar-refractivity contribution < 1.29 is 23.9 Å². The topological polar surface area (TPSA) is 93.7 Å². The Balaban J connectivity index is 1.58. The molecule has 2 amide bonds. The molecule has 2 aliphatic carbocycles. The molecule has 4 atom stereocenters. The van der Waals surface area contributed by atoms with E-state index in [0.29, 0.717) is 12.8 Å². The molecule has 182 valence electrons.